The summed E-state index contributed by atoms with van der Waals surface area (Å²) in [5, 5.41) is 3.42. The Labute approximate surface area is 245 Å². The van der Waals surface area contributed by atoms with Crippen LogP contribution in [-0.4, -0.2) is 58.1 Å². The van der Waals surface area contributed by atoms with E-state index in [1.54, 1.807) is 42.5 Å². The molecule has 0 saturated carbocycles. The van der Waals surface area contributed by atoms with Crippen molar-refractivity contribution in [2.24, 2.45) is 0 Å². The van der Waals surface area contributed by atoms with E-state index in [1.165, 1.54) is 23.4 Å². The Morgan fingerprint density at radius 3 is 2.23 bits per heavy atom. The van der Waals surface area contributed by atoms with Gasteiger partial charge < -0.3 is 15.0 Å². The number of carbonyl (C=O) groups is 2. The van der Waals surface area contributed by atoms with Crippen LogP contribution in [0.1, 0.15) is 24.0 Å². The van der Waals surface area contributed by atoms with Crippen molar-refractivity contribution in [1.29, 1.82) is 0 Å². The Bertz CT molecular complexity index is 1400. The minimum atomic E-state index is -3.64. The number of halogens is 2. The molecule has 0 fully saturated rings. The standard InChI is InChI=1S/C29H33Cl2N3O5S/c1-32-29(36)27(18-21-10-5-4-6-11-21)33(20-24-25(30)14-8-15-26(24)31)28(35)16-9-17-34(40(3,37)38)22-12-7-13-23(19-22)39-2/h4-8,10-15,19,27H,9,16-18,20H2,1-3H3,(H,32,36). The fourth-order valence-corrected chi connectivity index (χ4v) is 5.82. The molecule has 11 heteroatoms. The van der Waals surface area contributed by atoms with Gasteiger partial charge in [-0.3, -0.25) is 13.9 Å². The van der Waals surface area contributed by atoms with E-state index in [0.29, 0.717) is 27.0 Å². The number of sulfonamides is 1. The average molecular weight is 607 g/mol. The first-order valence-electron chi connectivity index (χ1n) is 12.6. The fraction of sp³-hybridized carbons (Fsp3) is 0.310. The molecular weight excluding hydrogens is 573 g/mol. The van der Waals surface area contributed by atoms with E-state index in [0.717, 1.165) is 11.8 Å². The summed E-state index contributed by atoms with van der Waals surface area (Å²) in [6.45, 7) is 0.0652. The van der Waals surface area contributed by atoms with Crippen molar-refractivity contribution in [1.82, 2.24) is 10.2 Å². The number of hydrogen-bond donors (Lipinski definition) is 1. The number of methoxy groups -OCH3 is 1. The second-order valence-electron chi connectivity index (χ2n) is 9.18. The molecule has 214 valence electrons. The number of nitrogens with one attached hydrogen (secondary N) is 1. The minimum Gasteiger partial charge on any atom is -0.497 e. The van der Waals surface area contributed by atoms with Crippen molar-refractivity contribution in [3.63, 3.8) is 0 Å². The van der Waals surface area contributed by atoms with Crippen LogP contribution in [0.25, 0.3) is 0 Å². The molecule has 0 bridgehead atoms. The first kappa shape index (κ1) is 31.3. The van der Waals surface area contributed by atoms with Gasteiger partial charge in [0.15, 0.2) is 0 Å². The second kappa shape index (κ2) is 14.4. The summed E-state index contributed by atoms with van der Waals surface area (Å²) in [7, 11) is -0.623. The van der Waals surface area contributed by atoms with Crippen LogP contribution >= 0.6 is 23.2 Å². The van der Waals surface area contributed by atoms with Gasteiger partial charge in [-0.1, -0.05) is 65.7 Å². The van der Waals surface area contributed by atoms with Crippen LogP contribution in [0.15, 0.2) is 72.8 Å². The van der Waals surface area contributed by atoms with E-state index >= 15 is 0 Å². The maximum Gasteiger partial charge on any atom is 0.242 e. The smallest absolute Gasteiger partial charge is 0.242 e. The number of benzene rings is 3. The zero-order valence-corrected chi connectivity index (χ0v) is 25.0. The second-order valence-corrected chi connectivity index (χ2v) is 11.9. The zero-order chi connectivity index (χ0) is 29.3. The SMILES string of the molecule is CNC(=O)C(Cc1ccccc1)N(Cc1c(Cl)cccc1Cl)C(=O)CCCN(c1cccc(OC)c1)S(C)(=O)=O. The predicted molar refractivity (Wildman–Crippen MR) is 159 cm³/mol. The van der Waals surface area contributed by atoms with Crippen LogP contribution in [0.4, 0.5) is 5.69 Å². The van der Waals surface area contributed by atoms with E-state index in [2.05, 4.69) is 5.32 Å². The van der Waals surface area contributed by atoms with Crippen molar-refractivity contribution < 1.29 is 22.7 Å². The topological polar surface area (TPSA) is 96.0 Å². The van der Waals surface area contributed by atoms with Gasteiger partial charge >= 0.3 is 0 Å². The first-order chi connectivity index (χ1) is 19.0. The molecule has 40 heavy (non-hydrogen) atoms. The lowest BCUT2D eigenvalue weighted by molar-refractivity contribution is -0.141. The lowest BCUT2D eigenvalue weighted by Gasteiger charge is -2.32. The molecule has 0 aromatic heterocycles. The number of ether oxygens (including phenoxy) is 1. The lowest BCUT2D eigenvalue weighted by atomic mass is 10.0. The van der Waals surface area contributed by atoms with Crippen molar-refractivity contribution in [2.45, 2.75) is 31.8 Å². The number of hydrogen-bond acceptors (Lipinski definition) is 5. The Balaban J connectivity index is 1.89. The van der Waals surface area contributed by atoms with Crippen LogP contribution in [0.5, 0.6) is 5.75 Å². The summed E-state index contributed by atoms with van der Waals surface area (Å²) in [4.78, 5) is 28.3. The molecule has 3 aromatic carbocycles. The largest absolute Gasteiger partial charge is 0.497 e. The number of rotatable bonds is 13. The summed E-state index contributed by atoms with van der Waals surface area (Å²) in [5.74, 6) is -0.159. The van der Waals surface area contributed by atoms with Crippen LogP contribution in [0.3, 0.4) is 0 Å². The number of carbonyl (C=O) groups excluding carboxylic acids is 2. The van der Waals surface area contributed by atoms with Gasteiger partial charge in [-0.15, -0.1) is 0 Å². The zero-order valence-electron chi connectivity index (χ0n) is 22.6. The highest BCUT2D eigenvalue weighted by Gasteiger charge is 2.31. The number of likely N-dealkylation sites (N-methyl/N-ethyl adjacent to an activating group) is 1. The summed E-state index contributed by atoms with van der Waals surface area (Å²) < 4.78 is 31.7. The number of nitrogens with zero attached hydrogens (tertiary/aromatic N) is 2. The van der Waals surface area contributed by atoms with E-state index in [1.807, 2.05) is 30.3 Å². The predicted octanol–water partition coefficient (Wildman–Crippen LogP) is 4.93. The molecule has 3 aromatic rings. The summed E-state index contributed by atoms with van der Waals surface area (Å²) in [6, 6.07) is 20.3. The molecule has 1 atom stereocenters. The van der Waals surface area contributed by atoms with Crippen LogP contribution in [0, 0.1) is 0 Å². The van der Waals surface area contributed by atoms with E-state index < -0.39 is 16.1 Å². The van der Waals surface area contributed by atoms with Gasteiger partial charge in [0.2, 0.25) is 21.8 Å². The van der Waals surface area contributed by atoms with Gasteiger partial charge in [0, 0.05) is 54.7 Å². The fourth-order valence-electron chi connectivity index (χ4n) is 4.34. The Morgan fingerprint density at radius 2 is 1.62 bits per heavy atom. The lowest BCUT2D eigenvalue weighted by Crippen LogP contribution is -2.50. The molecular formula is C29H33Cl2N3O5S. The molecule has 8 nitrogen and oxygen atoms in total. The highest BCUT2D eigenvalue weighted by Crippen LogP contribution is 2.28. The van der Waals surface area contributed by atoms with Crippen LogP contribution < -0.4 is 14.4 Å². The van der Waals surface area contributed by atoms with Crippen molar-refractivity contribution in [3.05, 3.63) is 94.0 Å². The summed E-state index contributed by atoms with van der Waals surface area (Å²) >= 11 is 12.9. The van der Waals surface area contributed by atoms with E-state index in [4.69, 9.17) is 27.9 Å². The van der Waals surface area contributed by atoms with Crippen molar-refractivity contribution in [2.75, 3.05) is 31.3 Å². The molecule has 1 unspecified atom stereocenters. The number of amides is 2. The third-order valence-electron chi connectivity index (χ3n) is 6.40. The molecule has 0 saturated heterocycles. The molecule has 0 aliphatic heterocycles. The highest BCUT2D eigenvalue weighted by molar-refractivity contribution is 7.92. The average Bonchev–Trinajstić information content (AvgIpc) is 2.93. The Hall–Kier alpha value is -3.27. The summed E-state index contributed by atoms with van der Waals surface area (Å²) in [5.41, 5.74) is 1.83. The molecule has 0 heterocycles. The molecule has 3 rings (SSSR count). The molecule has 2 amide bonds. The maximum atomic E-state index is 13.8. The van der Waals surface area contributed by atoms with Crippen LogP contribution in [-0.2, 0) is 32.6 Å². The van der Waals surface area contributed by atoms with Gasteiger partial charge in [-0.2, -0.15) is 0 Å². The third-order valence-corrected chi connectivity index (χ3v) is 8.30. The Kier molecular flexibility index (Phi) is 11.2. The number of anilines is 1. The van der Waals surface area contributed by atoms with Crippen molar-refractivity contribution in [3.8, 4) is 5.75 Å². The molecule has 0 spiro atoms. The maximum absolute atomic E-state index is 13.8. The first-order valence-corrected chi connectivity index (χ1v) is 15.2. The molecule has 0 radical (unpaired) electrons. The van der Waals surface area contributed by atoms with E-state index in [9.17, 15) is 18.0 Å². The Morgan fingerprint density at radius 1 is 0.975 bits per heavy atom. The quantitative estimate of drug-likeness (QED) is 0.298. The molecule has 0 aliphatic rings. The van der Waals surface area contributed by atoms with E-state index in [-0.39, 0.29) is 44.2 Å². The molecule has 1 N–H and O–H groups in total. The van der Waals surface area contributed by atoms with Gasteiger partial charge in [0.05, 0.1) is 19.1 Å². The minimum absolute atomic E-state index is 0.00787. The normalized spacial score (nSPS) is 11.9. The van der Waals surface area contributed by atoms with Gasteiger partial charge in [0.25, 0.3) is 0 Å². The monoisotopic (exact) mass is 605 g/mol. The molecule has 0 aliphatic carbocycles. The van der Waals surface area contributed by atoms with Gasteiger partial charge in [0.1, 0.15) is 11.8 Å². The van der Waals surface area contributed by atoms with Gasteiger partial charge in [-0.25, -0.2) is 8.42 Å². The highest BCUT2D eigenvalue weighted by atomic mass is 35.5. The third kappa shape index (κ3) is 8.36. The van der Waals surface area contributed by atoms with Crippen molar-refractivity contribution >= 4 is 50.7 Å². The van der Waals surface area contributed by atoms with Crippen LogP contribution in [0.2, 0.25) is 10.0 Å². The summed E-state index contributed by atoms with van der Waals surface area (Å²) in [6.07, 6.45) is 1.58. The van der Waals surface area contributed by atoms with Gasteiger partial charge in [-0.05, 0) is 36.2 Å².